The second kappa shape index (κ2) is 5.30. The Bertz CT molecular complexity index is 745. The van der Waals surface area contributed by atoms with Gasteiger partial charge in [0.25, 0.3) is 15.9 Å². The molecule has 2 aromatic rings. The molecule has 1 amide bonds. The van der Waals surface area contributed by atoms with Crippen LogP contribution in [0.15, 0.2) is 53.4 Å². The van der Waals surface area contributed by atoms with E-state index in [1.54, 1.807) is 10.8 Å². The monoisotopic (exact) mass is 294 g/mol. The number of carbonyl (C=O) groups excluding carboxylic acids is 1. The van der Waals surface area contributed by atoms with Crippen molar-refractivity contribution < 1.29 is 17.6 Å². The molecular formula is C13H11FN2O3S. The molecule has 0 bridgehead atoms. The van der Waals surface area contributed by atoms with Crippen LogP contribution in [0.3, 0.4) is 0 Å². The summed E-state index contributed by atoms with van der Waals surface area (Å²) in [6.07, 6.45) is 0. The Morgan fingerprint density at radius 2 is 1.75 bits per heavy atom. The Morgan fingerprint density at radius 3 is 2.35 bits per heavy atom. The summed E-state index contributed by atoms with van der Waals surface area (Å²) in [7, 11) is -4.03. The van der Waals surface area contributed by atoms with Crippen molar-refractivity contribution in [2.75, 3.05) is 5.73 Å². The van der Waals surface area contributed by atoms with Gasteiger partial charge in [-0.25, -0.2) is 17.5 Å². The molecule has 0 aliphatic carbocycles. The maximum atomic E-state index is 13.5. The number of carbonyl (C=O) groups is 1. The van der Waals surface area contributed by atoms with Crippen molar-refractivity contribution >= 4 is 21.6 Å². The molecule has 2 aromatic carbocycles. The van der Waals surface area contributed by atoms with Crippen molar-refractivity contribution in [3.63, 3.8) is 0 Å². The van der Waals surface area contributed by atoms with Crippen LogP contribution in [0.4, 0.5) is 10.1 Å². The number of nitrogen functional groups attached to an aromatic ring is 1. The zero-order valence-corrected chi connectivity index (χ0v) is 11.0. The fourth-order valence-electron chi connectivity index (χ4n) is 1.55. The maximum absolute atomic E-state index is 13.5. The van der Waals surface area contributed by atoms with Gasteiger partial charge in [0.2, 0.25) is 0 Å². The van der Waals surface area contributed by atoms with E-state index >= 15 is 0 Å². The fraction of sp³-hybridized carbons (Fsp3) is 0. The Morgan fingerprint density at radius 1 is 1.10 bits per heavy atom. The Hall–Kier alpha value is -2.41. The van der Waals surface area contributed by atoms with Crippen molar-refractivity contribution in [3.8, 4) is 0 Å². The van der Waals surface area contributed by atoms with Crippen LogP contribution in [0.1, 0.15) is 10.4 Å². The average molecular weight is 294 g/mol. The van der Waals surface area contributed by atoms with Crippen LogP contribution >= 0.6 is 0 Å². The van der Waals surface area contributed by atoms with Crippen molar-refractivity contribution in [1.29, 1.82) is 0 Å². The summed E-state index contributed by atoms with van der Waals surface area (Å²) in [4.78, 5) is 11.7. The van der Waals surface area contributed by atoms with Crippen molar-refractivity contribution in [2.45, 2.75) is 4.90 Å². The molecule has 0 aliphatic rings. The Kier molecular flexibility index (Phi) is 3.71. The SMILES string of the molecule is Nc1ccc(C(=O)NS(=O)(=O)c2ccccc2)c(F)c1. The molecule has 5 nitrogen and oxygen atoms in total. The maximum Gasteiger partial charge on any atom is 0.267 e. The lowest BCUT2D eigenvalue weighted by molar-refractivity contribution is 0.0977. The molecule has 0 aromatic heterocycles. The fourth-order valence-corrected chi connectivity index (χ4v) is 2.54. The number of halogens is 1. The molecule has 3 N–H and O–H groups in total. The van der Waals surface area contributed by atoms with E-state index in [-0.39, 0.29) is 10.6 Å². The number of nitrogens with two attached hydrogens (primary N) is 1. The molecular weight excluding hydrogens is 283 g/mol. The van der Waals surface area contributed by atoms with Crippen LogP contribution < -0.4 is 10.5 Å². The van der Waals surface area contributed by atoms with E-state index in [1.807, 2.05) is 0 Å². The summed E-state index contributed by atoms with van der Waals surface area (Å²) in [5, 5.41) is 0. The largest absolute Gasteiger partial charge is 0.399 e. The van der Waals surface area contributed by atoms with Gasteiger partial charge in [0.15, 0.2) is 0 Å². The Labute approximate surface area is 115 Å². The van der Waals surface area contributed by atoms with Crippen LogP contribution in [-0.2, 0) is 10.0 Å². The number of hydrogen-bond acceptors (Lipinski definition) is 4. The second-order valence-corrected chi connectivity index (χ2v) is 5.67. The first-order chi connectivity index (χ1) is 9.40. The molecule has 20 heavy (non-hydrogen) atoms. The molecule has 0 saturated carbocycles. The summed E-state index contributed by atoms with van der Waals surface area (Å²) in [6.45, 7) is 0. The summed E-state index contributed by atoms with van der Waals surface area (Å²) in [5.74, 6) is -1.93. The highest BCUT2D eigenvalue weighted by Gasteiger charge is 2.20. The summed E-state index contributed by atoms with van der Waals surface area (Å²) >= 11 is 0. The van der Waals surface area contributed by atoms with Gasteiger partial charge >= 0.3 is 0 Å². The summed E-state index contributed by atoms with van der Waals surface area (Å²) in [6, 6.07) is 10.7. The van der Waals surface area contributed by atoms with Crippen molar-refractivity contribution in [3.05, 3.63) is 59.9 Å². The number of rotatable bonds is 3. The smallest absolute Gasteiger partial charge is 0.267 e. The third-order valence-corrected chi connectivity index (χ3v) is 3.87. The highest BCUT2D eigenvalue weighted by Crippen LogP contribution is 2.13. The van der Waals surface area contributed by atoms with Gasteiger partial charge < -0.3 is 5.73 Å². The van der Waals surface area contributed by atoms with E-state index < -0.39 is 27.3 Å². The molecule has 0 fully saturated rings. The zero-order chi connectivity index (χ0) is 14.8. The number of nitrogens with one attached hydrogen (secondary N) is 1. The molecule has 0 spiro atoms. The average Bonchev–Trinajstić information content (AvgIpc) is 2.39. The van der Waals surface area contributed by atoms with E-state index in [2.05, 4.69) is 0 Å². The minimum Gasteiger partial charge on any atom is -0.399 e. The second-order valence-electron chi connectivity index (χ2n) is 3.99. The van der Waals surface area contributed by atoms with Crippen LogP contribution in [0.2, 0.25) is 0 Å². The third kappa shape index (κ3) is 2.94. The Balaban J connectivity index is 2.28. The van der Waals surface area contributed by atoms with Gasteiger partial charge in [-0.3, -0.25) is 4.79 Å². The normalized spacial score (nSPS) is 11.1. The van der Waals surface area contributed by atoms with Crippen molar-refractivity contribution in [2.24, 2.45) is 0 Å². The molecule has 0 saturated heterocycles. The van der Waals surface area contributed by atoms with Crippen molar-refractivity contribution in [1.82, 2.24) is 4.72 Å². The summed E-state index contributed by atoms with van der Waals surface area (Å²) in [5.41, 5.74) is 5.11. The lowest BCUT2D eigenvalue weighted by Crippen LogP contribution is -2.31. The summed E-state index contributed by atoms with van der Waals surface area (Å²) < 4.78 is 39.2. The third-order valence-electron chi connectivity index (χ3n) is 2.52. The van der Waals surface area contributed by atoms with Crippen LogP contribution in [0, 0.1) is 5.82 Å². The standard InChI is InChI=1S/C13H11FN2O3S/c14-12-8-9(15)6-7-11(12)13(17)16-20(18,19)10-4-2-1-3-5-10/h1-8H,15H2,(H,16,17). The predicted octanol–water partition coefficient (Wildman–Crippen LogP) is 1.53. The van der Waals surface area contributed by atoms with Crippen LogP contribution in [0.5, 0.6) is 0 Å². The van der Waals surface area contributed by atoms with E-state index in [9.17, 15) is 17.6 Å². The van der Waals surface area contributed by atoms with E-state index in [0.29, 0.717) is 0 Å². The first kappa shape index (κ1) is 14.0. The van der Waals surface area contributed by atoms with Gasteiger partial charge in [0.05, 0.1) is 10.5 Å². The van der Waals surface area contributed by atoms with Gasteiger partial charge in [-0.15, -0.1) is 0 Å². The van der Waals surface area contributed by atoms with Gasteiger partial charge in [0.1, 0.15) is 5.82 Å². The van der Waals surface area contributed by atoms with Gasteiger partial charge in [0, 0.05) is 5.69 Å². The number of benzene rings is 2. The lowest BCUT2D eigenvalue weighted by Gasteiger charge is -2.07. The minimum atomic E-state index is -4.03. The van der Waals surface area contributed by atoms with E-state index in [1.165, 1.54) is 30.3 Å². The molecule has 0 atom stereocenters. The number of hydrogen-bond donors (Lipinski definition) is 2. The number of anilines is 1. The number of amides is 1. The molecule has 0 heterocycles. The van der Waals surface area contributed by atoms with E-state index in [4.69, 9.17) is 5.73 Å². The van der Waals surface area contributed by atoms with Crippen LogP contribution in [-0.4, -0.2) is 14.3 Å². The molecule has 0 aliphatic heterocycles. The quantitative estimate of drug-likeness (QED) is 0.840. The first-order valence-electron chi connectivity index (χ1n) is 5.57. The minimum absolute atomic E-state index is 0.0794. The predicted molar refractivity (Wildman–Crippen MR) is 71.9 cm³/mol. The van der Waals surface area contributed by atoms with Gasteiger partial charge in [-0.1, -0.05) is 18.2 Å². The highest BCUT2D eigenvalue weighted by molar-refractivity contribution is 7.90. The zero-order valence-electron chi connectivity index (χ0n) is 10.2. The van der Waals surface area contributed by atoms with Gasteiger partial charge in [-0.05, 0) is 30.3 Å². The molecule has 0 radical (unpaired) electrons. The number of sulfonamides is 1. The molecule has 2 rings (SSSR count). The van der Waals surface area contributed by atoms with Crippen LogP contribution in [0.25, 0.3) is 0 Å². The molecule has 7 heteroatoms. The lowest BCUT2D eigenvalue weighted by atomic mass is 10.2. The highest BCUT2D eigenvalue weighted by atomic mass is 32.2. The van der Waals surface area contributed by atoms with Gasteiger partial charge in [-0.2, -0.15) is 0 Å². The molecule has 0 unspecified atom stereocenters. The molecule has 104 valence electrons. The first-order valence-corrected chi connectivity index (χ1v) is 7.06. The van der Waals surface area contributed by atoms with E-state index in [0.717, 1.165) is 12.1 Å². The topological polar surface area (TPSA) is 89.3 Å².